The van der Waals surface area contributed by atoms with Crippen LogP contribution in [-0.2, 0) is 46.3 Å². The Bertz CT molecular complexity index is 1680. The molecule has 1 aromatic heterocycles. The van der Waals surface area contributed by atoms with Crippen LogP contribution in [-0.4, -0.2) is 54.3 Å². The molecule has 1 aliphatic carbocycles. The molecule has 1 amide bonds. The maximum atomic E-state index is 14.5. The average molecular weight is 641 g/mol. The maximum Gasteiger partial charge on any atom is 0.416 e. The summed E-state index contributed by atoms with van der Waals surface area (Å²) in [6.07, 6.45) is -2.23. The van der Waals surface area contributed by atoms with Crippen LogP contribution in [0.3, 0.4) is 0 Å². The lowest BCUT2D eigenvalue weighted by atomic mass is 9.90. The summed E-state index contributed by atoms with van der Waals surface area (Å²) in [6, 6.07) is 16.1. The molecule has 4 aromatic rings. The van der Waals surface area contributed by atoms with Gasteiger partial charge in [-0.1, -0.05) is 18.2 Å². The first-order valence-corrected chi connectivity index (χ1v) is 15.3. The van der Waals surface area contributed by atoms with Crippen molar-refractivity contribution in [2.75, 3.05) is 26.9 Å². The summed E-state index contributed by atoms with van der Waals surface area (Å²) in [6.45, 7) is 2.24. The molecule has 0 saturated carbocycles. The zero-order valence-corrected chi connectivity index (χ0v) is 25.7. The van der Waals surface area contributed by atoms with Crippen LogP contribution in [0.15, 0.2) is 66.7 Å². The molecule has 244 valence electrons. The Kier molecular flexibility index (Phi) is 10.2. The number of nitrogens with zero attached hydrogens (tertiary/aromatic N) is 2. The molecule has 46 heavy (non-hydrogen) atoms. The summed E-state index contributed by atoms with van der Waals surface area (Å²) >= 11 is 0. The molecule has 0 spiro atoms. The molecule has 5 rings (SSSR count). The number of rotatable bonds is 12. The number of hydrogen-bond acceptors (Lipinski definition) is 5. The summed E-state index contributed by atoms with van der Waals surface area (Å²) in [5.41, 5.74) is 2.63. The number of methoxy groups -OCH3 is 1. The molecular formula is C35H36F4N2O5. The minimum Gasteiger partial charge on any atom is -0.496 e. The molecule has 1 aliphatic rings. The highest BCUT2D eigenvalue weighted by atomic mass is 19.4. The molecule has 7 nitrogen and oxygen atoms in total. The number of carbonyl (C=O) groups is 2. The quantitative estimate of drug-likeness (QED) is 0.126. The van der Waals surface area contributed by atoms with Gasteiger partial charge in [-0.15, -0.1) is 0 Å². The van der Waals surface area contributed by atoms with Crippen molar-refractivity contribution in [3.8, 4) is 11.5 Å². The number of fused-ring (bicyclic) bond motifs is 3. The minimum absolute atomic E-state index is 0.00149. The zero-order valence-electron chi connectivity index (χ0n) is 25.7. The van der Waals surface area contributed by atoms with Crippen molar-refractivity contribution >= 4 is 22.8 Å². The molecule has 0 bridgehead atoms. The number of ether oxygens (including phenoxy) is 3. The van der Waals surface area contributed by atoms with Crippen molar-refractivity contribution in [3.63, 3.8) is 0 Å². The molecule has 0 radical (unpaired) electrons. The van der Waals surface area contributed by atoms with Crippen LogP contribution in [0.2, 0.25) is 0 Å². The highest BCUT2D eigenvalue weighted by molar-refractivity contribution is 5.87. The fourth-order valence-corrected chi connectivity index (χ4v) is 6.19. The Morgan fingerprint density at radius 1 is 1.04 bits per heavy atom. The molecule has 1 atom stereocenters. The van der Waals surface area contributed by atoms with Gasteiger partial charge >= 0.3 is 12.1 Å². The normalized spacial score (nSPS) is 14.5. The lowest BCUT2D eigenvalue weighted by molar-refractivity contribution is -0.143. The van der Waals surface area contributed by atoms with E-state index in [0.29, 0.717) is 36.8 Å². The summed E-state index contributed by atoms with van der Waals surface area (Å²) in [7, 11) is 1.58. The fourth-order valence-electron chi connectivity index (χ4n) is 6.19. The van der Waals surface area contributed by atoms with Crippen molar-refractivity contribution in [3.05, 3.63) is 94.9 Å². The van der Waals surface area contributed by atoms with Crippen LogP contribution in [0.1, 0.15) is 42.1 Å². The van der Waals surface area contributed by atoms with Gasteiger partial charge in [-0.05, 0) is 92.3 Å². The van der Waals surface area contributed by atoms with Crippen LogP contribution < -0.4 is 9.47 Å². The van der Waals surface area contributed by atoms with Gasteiger partial charge in [0, 0.05) is 29.1 Å². The Labute approximate surface area is 264 Å². The van der Waals surface area contributed by atoms with E-state index in [1.807, 2.05) is 28.8 Å². The molecular weight excluding hydrogens is 604 g/mol. The van der Waals surface area contributed by atoms with Crippen LogP contribution >= 0.6 is 0 Å². The van der Waals surface area contributed by atoms with Crippen LogP contribution in [0.25, 0.3) is 10.9 Å². The fraction of sp³-hybridized carbons (Fsp3) is 0.371. The Balaban J connectivity index is 1.38. The highest BCUT2D eigenvalue weighted by Crippen LogP contribution is 2.35. The zero-order chi connectivity index (χ0) is 32.8. The van der Waals surface area contributed by atoms with E-state index in [1.165, 1.54) is 24.3 Å². The van der Waals surface area contributed by atoms with E-state index in [-0.39, 0.29) is 56.4 Å². The molecule has 1 heterocycles. The number of benzene rings is 3. The second kappa shape index (κ2) is 14.3. The lowest BCUT2D eigenvalue weighted by Gasteiger charge is -2.35. The first-order valence-electron chi connectivity index (χ1n) is 15.3. The number of halogens is 4. The van der Waals surface area contributed by atoms with Gasteiger partial charge in [-0.3, -0.25) is 9.59 Å². The first-order chi connectivity index (χ1) is 22.1. The Hall–Kier alpha value is -4.54. The molecule has 0 fully saturated rings. The van der Waals surface area contributed by atoms with Gasteiger partial charge in [-0.25, -0.2) is 4.39 Å². The third-order valence-corrected chi connectivity index (χ3v) is 8.34. The van der Waals surface area contributed by atoms with Gasteiger partial charge in [0.15, 0.2) is 0 Å². The van der Waals surface area contributed by atoms with Gasteiger partial charge in [-0.2, -0.15) is 13.2 Å². The second-order valence-electron chi connectivity index (χ2n) is 11.1. The third-order valence-electron chi connectivity index (χ3n) is 8.34. The van der Waals surface area contributed by atoms with Crippen molar-refractivity contribution in [2.45, 2.75) is 57.8 Å². The number of aromatic nitrogens is 1. The van der Waals surface area contributed by atoms with Crippen molar-refractivity contribution in [2.24, 2.45) is 0 Å². The number of hydrogen-bond donors (Lipinski definition) is 0. The first kappa shape index (κ1) is 32.8. The highest BCUT2D eigenvalue weighted by Gasteiger charge is 2.32. The number of para-hydroxylation sites is 1. The summed E-state index contributed by atoms with van der Waals surface area (Å²) < 4.78 is 71.8. The number of carbonyl (C=O) groups excluding carboxylic acids is 2. The van der Waals surface area contributed by atoms with E-state index in [0.717, 1.165) is 34.5 Å². The van der Waals surface area contributed by atoms with Crippen LogP contribution in [0, 0.1) is 5.82 Å². The summed E-state index contributed by atoms with van der Waals surface area (Å²) in [5.74, 6) is 0.0449. The Morgan fingerprint density at radius 3 is 2.52 bits per heavy atom. The largest absolute Gasteiger partial charge is 0.496 e. The van der Waals surface area contributed by atoms with Gasteiger partial charge in [0.2, 0.25) is 5.91 Å². The molecule has 0 unspecified atom stereocenters. The van der Waals surface area contributed by atoms with E-state index < -0.39 is 17.6 Å². The van der Waals surface area contributed by atoms with Gasteiger partial charge in [0.05, 0.1) is 25.8 Å². The SMILES string of the molecule is CCOC(=O)Cn1c2c(c3cc(F)ccc31)C[C@@H](N(CCOc1ccc(C(F)(F)F)cc1)C(=O)CCc1ccccc1OC)CC2. The number of esters is 1. The van der Waals surface area contributed by atoms with Gasteiger partial charge in [0.1, 0.15) is 30.5 Å². The molecule has 0 aliphatic heterocycles. The van der Waals surface area contributed by atoms with Gasteiger partial charge < -0.3 is 23.7 Å². The topological polar surface area (TPSA) is 70.0 Å². The third kappa shape index (κ3) is 7.46. The van der Waals surface area contributed by atoms with Crippen LogP contribution in [0.5, 0.6) is 11.5 Å². The average Bonchev–Trinajstić information content (AvgIpc) is 3.33. The number of aryl methyl sites for hydroxylation is 1. The minimum atomic E-state index is -4.45. The second-order valence-corrected chi connectivity index (χ2v) is 11.1. The number of alkyl halides is 3. The van der Waals surface area contributed by atoms with Crippen LogP contribution in [0.4, 0.5) is 17.6 Å². The monoisotopic (exact) mass is 640 g/mol. The summed E-state index contributed by atoms with van der Waals surface area (Å²) in [4.78, 5) is 28.1. The van der Waals surface area contributed by atoms with Crippen molar-refractivity contribution in [1.29, 1.82) is 0 Å². The van der Waals surface area contributed by atoms with E-state index in [2.05, 4.69) is 0 Å². The Morgan fingerprint density at radius 2 is 1.80 bits per heavy atom. The van der Waals surface area contributed by atoms with E-state index in [9.17, 15) is 27.2 Å². The van der Waals surface area contributed by atoms with E-state index in [1.54, 1.807) is 25.0 Å². The lowest BCUT2D eigenvalue weighted by Crippen LogP contribution is -2.45. The van der Waals surface area contributed by atoms with E-state index in [4.69, 9.17) is 14.2 Å². The molecule has 11 heteroatoms. The smallest absolute Gasteiger partial charge is 0.416 e. The molecule has 0 N–H and O–H groups in total. The van der Waals surface area contributed by atoms with Crippen molar-refractivity contribution in [1.82, 2.24) is 9.47 Å². The molecule has 0 saturated heterocycles. The van der Waals surface area contributed by atoms with E-state index >= 15 is 0 Å². The van der Waals surface area contributed by atoms with Crippen molar-refractivity contribution < 1.29 is 41.4 Å². The standard InChI is InChI=1S/C35H36F4N2O5/c1-3-45-34(43)22-41-30-15-11-25(36)20-28(30)29-21-26(12-16-31(29)41)40(33(42)17-8-23-6-4-5-7-32(23)44-2)18-19-46-27-13-9-24(10-14-27)35(37,38)39/h4-7,9-11,13-15,20,26H,3,8,12,16-19,21-22H2,1-2H3/t26-/m0/s1. The van der Waals surface area contributed by atoms with Gasteiger partial charge in [0.25, 0.3) is 0 Å². The maximum absolute atomic E-state index is 14.5. The number of amides is 1. The predicted octanol–water partition coefficient (Wildman–Crippen LogP) is 6.77. The predicted molar refractivity (Wildman–Crippen MR) is 164 cm³/mol. The molecule has 3 aromatic carbocycles. The summed E-state index contributed by atoms with van der Waals surface area (Å²) in [5, 5.41) is 0.687.